The SMILES string of the molecule is CCOC(=O)/C=C/c1cc(O)cc(OC)c1. The molecule has 4 heteroatoms. The molecule has 1 rings (SSSR count). The smallest absolute Gasteiger partial charge is 0.330 e. The van der Waals surface area contributed by atoms with Gasteiger partial charge in [-0.2, -0.15) is 0 Å². The molecule has 1 aromatic carbocycles. The summed E-state index contributed by atoms with van der Waals surface area (Å²) >= 11 is 0. The van der Waals surface area contributed by atoms with Crippen molar-refractivity contribution in [2.75, 3.05) is 13.7 Å². The summed E-state index contributed by atoms with van der Waals surface area (Å²) in [6.45, 7) is 2.08. The van der Waals surface area contributed by atoms with Crippen LogP contribution in [0.15, 0.2) is 24.3 Å². The Morgan fingerprint density at radius 3 is 2.81 bits per heavy atom. The van der Waals surface area contributed by atoms with Gasteiger partial charge < -0.3 is 14.6 Å². The fraction of sp³-hybridized carbons (Fsp3) is 0.250. The van der Waals surface area contributed by atoms with Gasteiger partial charge in [0.15, 0.2) is 0 Å². The van der Waals surface area contributed by atoms with Crippen molar-refractivity contribution in [3.05, 3.63) is 29.8 Å². The van der Waals surface area contributed by atoms with Gasteiger partial charge in [0, 0.05) is 12.1 Å². The van der Waals surface area contributed by atoms with Crippen molar-refractivity contribution in [3.8, 4) is 11.5 Å². The largest absolute Gasteiger partial charge is 0.508 e. The highest BCUT2D eigenvalue weighted by atomic mass is 16.5. The number of phenolic OH excluding ortho intramolecular Hbond substituents is 1. The van der Waals surface area contributed by atoms with Gasteiger partial charge in [0.1, 0.15) is 11.5 Å². The van der Waals surface area contributed by atoms with Crippen LogP contribution in [-0.4, -0.2) is 24.8 Å². The highest BCUT2D eigenvalue weighted by Gasteiger charge is 1.99. The minimum absolute atomic E-state index is 0.0860. The van der Waals surface area contributed by atoms with Crippen LogP contribution in [-0.2, 0) is 9.53 Å². The third-order valence-corrected chi connectivity index (χ3v) is 1.85. The first kappa shape index (κ1) is 12.1. The van der Waals surface area contributed by atoms with Crippen LogP contribution in [0.25, 0.3) is 6.08 Å². The van der Waals surface area contributed by atoms with E-state index in [2.05, 4.69) is 0 Å². The Bertz CT molecular complexity index is 396. The van der Waals surface area contributed by atoms with Crippen LogP contribution in [0.4, 0.5) is 0 Å². The molecule has 0 unspecified atom stereocenters. The average molecular weight is 222 g/mol. The number of benzene rings is 1. The van der Waals surface area contributed by atoms with E-state index in [0.29, 0.717) is 17.9 Å². The molecule has 1 N–H and O–H groups in total. The van der Waals surface area contributed by atoms with Crippen molar-refractivity contribution in [3.63, 3.8) is 0 Å². The lowest BCUT2D eigenvalue weighted by atomic mass is 10.2. The number of methoxy groups -OCH3 is 1. The lowest BCUT2D eigenvalue weighted by Gasteiger charge is -2.02. The highest BCUT2D eigenvalue weighted by molar-refractivity contribution is 5.87. The van der Waals surface area contributed by atoms with Gasteiger partial charge in [-0.15, -0.1) is 0 Å². The average Bonchev–Trinajstić information content (AvgIpc) is 2.26. The first-order valence-corrected chi connectivity index (χ1v) is 4.88. The maximum absolute atomic E-state index is 11.1. The number of aromatic hydroxyl groups is 1. The van der Waals surface area contributed by atoms with Gasteiger partial charge in [0.2, 0.25) is 0 Å². The molecule has 0 aromatic heterocycles. The van der Waals surface area contributed by atoms with Crippen LogP contribution >= 0.6 is 0 Å². The number of rotatable bonds is 4. The van der Waals surface area contributed by atoms with Crippen LogP contribution in [0.1, 0.15) is 12.5 Å². The molecule has 0 aliphatic rings. The van der Waals surface area contributed by atoms with E-state index in [1.807, 2.05) is 0 Å². The fourth-order valence-electron chi connectivity index (χ4n) is 1.17. The number of carbonyl (C=O) groups excluding carboxylic acids is 1. The van der Waals surface area contributed by atoms with E-state index in [1.54, 1.807) is 19.1 Å². The van der Waals surface area contributed by atoms with Crippen LogP contribution in [0.2, 0.25) is 0 Å². The highest BCUT2D eigenvalue weighted by Crippen LogP contribution is 2.22. The molecule has 0 heterocycles. The number of carbonyl (C=O) groups is 1. The van der Waals surface area contributed by atoms with Crippen molar-refractivity contribution in [1.29, 1.82) is 0 Å². The van der Waals surface area contributed by atoms with Gasteiger partial charge in [-0.1, -0.05) is 0 Å². The van der Waals surface area contributed by atoms with Gasteiger partial charge in [-0.3, -0.25) is 0 Å². The number of esters is 1. The second-order valence-corrected chi connectivity index (χ2v) is 3.05. The summed E-state index contributed by atoms with van der Waals surface area (Å²) in [6, 6.07) is 4.72. The maximum Gasteiger partial charge on any atom is 0.330 e. The molecule has 0 amide bonds. The Kier molecular flexibility index (Phi) is 4.39. The van der Waals surface area contributed by atoms with Crippen molar-refractivity contribution in [2.24, 2.45) is 0 Å². The topological polar surface area (TPSA) is 55.8 Å². The third kappa shape index (κ3) is 3.65. The molecule has 0 saturated carbocycles. The molecule has 86 valence electrons. The van der Waals surface area contributed by atoms with E-state index in [-0.39, 0.29) is 5.75 Å². The van der Waals surface area contributed by atoms with Gasteiger partial charge in [-0.05, 0) is 30.7 Å². The number of hydrogen-bond donors (Lipinski definition) is 1. The van der Waals surface area contributed by atoms with Crippen molar-refractivity contribution in [2.45, 2.75) is 6.92 Å². The van der Waals surface area contributed by atoms with Crippen molar-refractivity contribution >= 4 is 12.0 Å². The van der Waals surface area contributed by atoms with Crippen LogP contribution in [0.3, 0.4) is 0 Å². The summed E-state index contributed by atoms with van der Waals surface area (Å²) in [5.74, 6) is 0.205. The fourth-order valence-corrected chi connectivity index (χ4v) is 1.17. The predicted octanol–water partition coefficient (Wildman–Crippen LogP) is 1.98. The Morgan fingerprint density at radius 2 is 2.19 bits per heavy atom. The lowest BCUT2D eigenvalue weighted by Crippen LogP contribution is -1.98. The minimum atomic E-state index is -0.412. The number of phenols is 1. The third-order valence-electron chi connectivity index (χ3n) is 1.85. The van der Waals surface area contributed by atoms with E-state index in [1.165, 1.54) is 25.3 Å². The standard InChI is InChI=1S/C12H14O4/c1-3-16-12(14)5-4-9-6-10(13)8-11(7-9)15-2/h4-8,13H,3H2,1-2H3/b5-4+. The zero-order chi connectivity index (χ0) is 12.0. The molecular weight excluding hydrogens is 208 g/mol. The molecule has 0 fully saturated rings. The maximum atomic E-state index is 11.1. The molecule has 0 atom stereocenters. The predicted molar refractivity (Wildman–Crippen MR) is 60.3 cm³/mol. The van der Waals surface area contributed by atoms with E-state index >= 15 is 0 Å². The molecule has 0 aliphatic heterocycles. The Morgan fingerprint density at radius 1 is 1.44 bits per heavy atom. The molecule has 0 aliphatic carbocycles. The number of hydrogen-bond acceptors (Lipinski definition) is 4. The molecular formula is C12H14O4. The molecule has 1 aromatic rings. The normalized spacial score (nSPS) is 10.4. The minimum Gasteiger partial charge on any atom is -0.508 e. The Labute approximate surface area is 94.1 Å². The molecule has 0 saturated heterocycles. The van der Waals surface area contributed by atoms with E-state index in [4.69, 9.17) is 9.47 Å². The quantitative estimate of drug-likeness (QED) is 0.625. The van der Waals surface area contributed by atoms with Crippen molar-refractivity contribution in [1.82, 2.24) is 0 Å². The van der Waals surface area contributed by atoms with E-state index in [9.17, 15) is 9.90 Å². The van der Waals surface area contributed by atoms with E-state index < -0.39 is 5.97 Å². The molecule has 0 radical (unpaired) electrons. The summed E-state index contributed by atoms with van der Waals surface area (Å²) in [5.41, 5.74) is 0.671. The second kappa shape index (κ2) is 5.80. The van der Waals surface area contributed by atoms with E-state index in [0.717, 1.165) is 0 Å². The number of ether oxygens (including phenoxy) is 2. The first-order chi connectivity index (χ1) is 7.65. The van der Waals surface area contributed by atoms with Crippen LogP contribution in [0.5, 0.6) is 11.5 Å². The van der Waals surface area contributed by atoms with Gasteiger partial charge in [-0.25, -0.2) is 4.79 Å². The summed E-state index contributed by atoms with van der Waals surface area (Å²) < 4.78 is 9.71. The molecule has 16 heavy (non-hydrogen) atoms. The Hall–Kier alpha value is -1.97. The zero-order valence-electron chi connectivity index (χ0n) is 9.27. The summed E-state index contributed by atoms with van der Waals surface area (Å²) in [6.07, 6.45) is 2.86. The van der Waals surface area contributed by atoms with Gasteiger partial charge >= 0.3 is 5.97 Å². The Balaban J connectivity index is 2.80. The zero-order valence-corrected chi connectivity index (χ0v) is 9.27. The first-order valence-electron chi connectivity index (χ1n) is 4.88. The lowest BCUT2D eigenvalue weighted by molar-refractivity contribution is -0.137. The van der Waals surface area contributed by atoms with Gasteiger partial charge in [0.05, 0.1) is 13.7 Å². The molecule has 0 spiro atoms. The summed E-state index contributed by atoms with van der Waals surface area (Å²) in [4.78, 5) is 11.1. The second-order valence-electron chi connectivity index (χ2n) is 3.05. The van der Waals surface area contributed by atoms with Gasteiger partial charge in [0.25, 0.3) is 0 Å². The molecule has 0 bridgehead atoms. The van der Waals surface area contributed by atoms with Crippen molar-refractivity contribution < 1.29 is 19.4 Å². The van der Waals surface area contributed by atoms with Crippen LogP contribution < -0.4 is 4.74 Å². The van der Waals surface area contributed by atoms with Crippen LogP contribution in [0, 0.1) is 0 Å². The summed E-state index contributed by atoms with van der Waals surface area (Å²) in [7, 11) is 1.51. The summed E-state index contributed by atoms with van der Waals surface area (Å²) in [5, 5.41) is 9.36. The monoisotopic (exact) mass is 222 g/mol. The molecule has 4 nitrogen and oxygen atoms in total.